The van der Waals surface area contributed by atoms with Crippen molar-refractivity contribution in [2.24, 2.45) is 5.92 Å². The molecule has 3 rings (SSSR count). The van der Waals surface area contributed by atoms with Gasteiger partial charge in [-0.25, -0.2) is 9.37 Å². The molecule has 1 aliphatic heterocycles. The summed E-state index contributed by atoms with van der Waals surface area (Å²) in [5.74, 6) is -1.07. The minimum atomic E-state index is -0.608. The van der Waals surface area contributed by atoms with Crippen LogP contribution in [0.1, 0.15) is 26.2 Å². The van der Waals surface area contributed by atoms with E-state index in [1.54, 1.807) is 0 Å². The third-order valence-corrected chi connectivity index (χ3v) is 4.18. The molecule has 23 heavy (non-hydrogen) atoms. The number of benzene rings is 1. The van der Waals surface area contributed by atoms with Crippen molar-refractivity contribution in [3.63, 3.8) is 0 Å². The van der Waals surface area contributed by atoms with Gasteiger partial charge in [-0.05, 0) is 25.3 Å². The molecule has 2 aromatic rings. The van der Waals surface area contributed by atoms with E-state index in [0.29, 0.717) is 19.4 Å². The van der Waals surface area contributed by atoms with E-state index in [9.17, 15) is 14.0 Å². The number of fused-ring (bicyclic) bond motifs is 1. The van der Waals surface area contributed by atoms with Crippen LogP contribution in [0.5, 0.6) is 0 Å². The Hall–Kier alpha value is -2.28. The van der Waals surface area contributed by atoms with Crippen LogP contribution in [0.2, 0.25) is 0 Å². The lowest BCUT2D eigenvalue weighted by Gasteiger charge is -2.28. The molecule has 2 N–H and O–H groups in total. The number of carbonyl (C=O) groups is 1. The minimum absolute atomic E-state index is 0.000500. The van der Waals surface area contributed by atoms with Gasteiger partial charge in [0.15, 0.2) is 0 Å². The monoisotopic (exact) mass is 319 g/mol. The maximum atomic E-state index is 14.1. The van der Waals surface area contributed by atoms with Crippen LogP contribution in [-0.4, -0.2) is 28.6 Å². The molecule has 6 nitrogen and oxygen atoms in total. The van der Waals surface area contributed by atoms with Gasteiger partial charge >= 0.3 is 0 Å². The zero-order valence-electron chi connectivity index (χ0n) is 12.8. The molecule has 2 atom stereocenters. The summed E-state index contributed by atoms with van der Waals surface area (Å²) in [6, 6.07) is 2.48. The number of hydrogen-bond acceptors (Lipinski definition) is 4. The molecule has 0 radical (unpaired) electrons. The van der Waals surface area contributed by atoms with Crippen LogP contribution in [0.15, 0.2) is 23.3 Å². The molecule has 0 bridgehead atoms. The molecule has 0 aliphatic carbocycles. The van der Waals surface area contributed by atoms with Crippen LogP contribution in [0.4, 0.5) is 10.1 Å². The number of carbonyl (C=O) groups excluding carboxylic acids is 1. The van der Waals surface area contributed by atoms with E-state index in [4.69, 9.17) is 4.74 Å². The zero-order chi connectivity index (χ0) is 16.4. The Bertz CT molecular complexity index is 790. The van der Waals surface area contributed by atoms with Gasteiger partial charge in [-0.2, -0.15) is 0 Å². The topological polar surface area (TPSA) is 84.1 Å². The summed E-state index contributed by atoms with van der Waals surface area (Å²) in [5, 5.41) is 2.83. The summed E-state index contributed by atoms with van der Waals surface area (Å²) in [4.78, 5) is 30.5. The van der Waals surface area contributed by atoms with Gasteiger partial charge in [0.2, 0.25) is 5.91 Å². The number of amides is 1. The molecule has 7 heteroatoms. The van der Waals surface area contributed by atoms with Crippen LogP contribution in [0, 0.1) is 11.7 Å². The Labute approximate surface area is 132 Å². The first-order valence-corrected chi connectivity index (χ1v) is 7.68. The molecular weight excluding hydrogens is 301 g/mol. The Morgan fingerprint density at radius 3 is 3.13 bits per heavy atom. The molecule has 1 saturated heterocycles. The molecular formula is C16H18FN3O3. The lowest BCUT2D eigenvalue weighted by molar-refractivity contribution is -0.124. The standard InChI is InChI=1S/C16H18FN3O3/c1-2-10-5-9(3-4-23-10)15(21)20-14-6-11-13(7-12(14)17)18-8-19-16(11)22/h6-10H,2-5H2,1H3,(H,20,21)(H,18,19,22)/t9-,10-/m0/s1. The second-order valence-corrected chi connectivity index (χ2v) is 5.69. The first-order chi connectivity index (χ1) is 11.1. The van der Waals surface area contributed by atoms with Gasteiger partial charge < -0.3 is 15.0 Å². The van der Waals surface area contributed by atoms with Crippen molar-refractivity contribution in [1.29, 1.82) is 0 Å². The fourth-order valence-electron chi connectivity index (χ4n) is 2.82. The molecule has 1 fully saturated rings. The van der Waals surface area contributed by atoms with Gasteiger partial charge in [-0.1, -0.05) is 6.92 Å². The second-order valence-electron chi connectivity index (χ2n) is 5.69. The molecule has 2 heterocycles. The molecule has 0 unspecified atom stereocenters. The lowest BCUT2D eigenvalue weighted by Crippen LogP contribution is -2.33. The lowest BCUT2D eigenvalue weighted by atomic mass is 9.93. The maximum Gasteiger partial charge on any atom is 0.258 e. The highest BCUT2D eigenvalue weighted by molar-refractivity contribution is 5.95. The SMILES string of the molecule is CC[C@H]1C[C@@H](C(=O)Nc2cc3c(=O)[nH]cnc3cc2F)CCO1. The fourth-order valence-corrected chi connectivity index (χ4v) is 2.82. The molecule has 1 aliphatic rings. The van der Waals surface area contributed by atoms with E-state index < -0.39 is 5.82 Å². The number of halogens is 1. The third-order valence-electron chi connectivity index (χ3n) is 4.18. The Morgan fingerprint density at radius 1 is 1.52 bits per heavy atom. The maximum absolute atomic E-state index is 14.1. The predicted octanol–water partition coefficient (Wildman–Crippen LogP) is 2.21. The van der Waals surface area contributed by atoms with E-state index >= 15 is 0 Å². The number of nitrogens with one attached hydrogen (secondary N) is 2. The van der Waals surface area contributed by atoms with E-state index in [2.05, 4.69) is 15.3 Å². The highest BCUT2D eigenvalue weighted by Crippen LogP contribution is 2.25. The summed E-state index contributed by atoms with van der Waals surface area (Å²) >= 11 is 0. The Kier molecular flexibility index (Phi) is 4.38. The van der Waals surface area contributed by atoms with Crippen LogP contribution < -0.4 is 10.9 Å². The summed E-state index contributed by atoms with van der Waals surface area (Å²) in [5.41, 5.74) is -0.121. The molecule has 122 valence electrons. The van der Waals surface area contributed by atoms with Gasteiger partial charge in [0.05, 0.1) is 29.0 Å². The first kappa shape index (κ1) is 15.6. The van der Waals surface area contributed by atoms with Crippen LogP contribution in [-0.2, 0) is 9.53 Å². The van der Waals surface area contributed by atoms with Crippen LogP contribution in [0.3, 0.4) is 0 Å². The summed E-state index contributed by atoms with van der Waals surface area (Å²) < 4.78 is 19.7. The normalized spacial score (nSPS) is 21.3. The first-order valence-electron chi connectivity index (χ1n) is 7.68. The van der Waals surface area contributed by atoms with Crippen LogP contribution >= 0.6 is 0 Å². The van der Waals surface area contributed by atoms with Gasteiger partial charge in [0.25, 0.3) is 5.56 Å². The van der Waals surface area contributed by atoms with Gasteiger partial charge in [0.1, 0.15) is 5.82 Å². The molecule has 0 saturated carbocycles. The van der Waals surface area contributed by atoms with E-state index in [-0.39, 0.29) is 40.1 Å². The Balaban J connectivity index is 1.83. The van der Waals surface area contributed by atoms with Crippen molar-refractivity contribution in [3.05, 3.63) is 34.6 Å². The van der Waals surface area contributed by atoms with E-state index in [1.165, 1.54) is 12.4 Å². The number of rotatable bonds is 3. The van der Waals surface area contributed by atoms with Crippen molar-refractivity contribution < 1.29 is 13.9 Å². The summed E-state index contributed by atoms with van der Waals surface area (Å²) in [6.07, 6.45) is 3.36. The van der Waals surface area contributed by atoms with Crippen molar-refractivity contribution in [2.45, 2.75) is 32.3 Å². The highest BCUT2D eigenvalue weighted by atomic mass is 19.1. The largest absolute Gasteiger partial charge is 0.378 e. The highest BCUT2D eigenvalue weighted by Gasteiger charge is 2.27. The fraction of sp³-hybridized carbons (Fsp3) is 0.438. The smallest absolute Gasteiger partial charge is 0.258 e. The van der Waals surface area contributed by atoms with E-state index in [0.717, 1.165) is 12.5 Å². The van der Waals surface area contributed by atoms with Gasteiger partial charge in [0, 0.05) is 18.6 Å². The number of nitrogens with zero attached hydrogens (tertiary/aromatic N) is 1. The molecule has 1 aromatic carbocycles. The van der Waals surface area contributed by atoms with Gasteiger partial charge in [-0.3, -0.25) is 9.59 Å². The quantitative estimate of drug-likeness (QED) is 0.908. The number of ether oxygens (including phenoxy) is 1. The second kappa shape index (κ2) is 6.45. The predicted molar refractivity (Wildman–Crippen MR) is 83.7 cm³/mol. The third kappa shape index (κ3) is 3.24. The van der Waals surface area contributed by atoms with Crippen molar-refractivity contribution >= 4 is 22.5 Å². The van der Waals surface area contributed by atoms with E-state index in [1.807, 2.05) is 6.92 Å². The summed E-state index contributed by atoms with van der Waals surface area (Å²) in [6.45, 7) is 2.54. The van der Waals surface area contributed by atoms with Gasteiger partial charge in [-0.15, -0.1) is 0 Å². The van der Waals surface area contributed by atoms with Crippen molar-refractivity contribution in [2.75, 3.05) is 11.9 Å². The number of aromatic nitrogens is 2. The number of H-pyrrole nitrogens is 1. The average molecular weight is 319 g/mol. The Morgan fingerprint density at radius 2 is 2.35 bits per heavy atom. The van der Waals surface area contributed by atoms with Crippen molar-refractivity contribution in [1.82, 2.24) is 9.97 Å². The number of anilines is 1. The minimum Gasteiger partial charge on any atom is -0.378 e. The van der Waals surface area contributed by atoms with Crippen LogP contribution in [0.25, 0.3) is 10.9 Å². The molecule has 1 aromatic heterocycles. The summed E-state index contributed by atoms with van der Waals surface area (Å²) in [7, 11) is 0. The molecule has 0 spiro atoms. The number of hydrogen-bond donors (Lipinski definition) is 2. The zero-order valence-corrected chi connectivity index (χ0v) is 12.8. The van der Waals surface area contributed by atoms with Crippen molar-refractivity contribution in [3.8, 4) is 0 Å². The molecule has 1 amide bonds. The average Bonchev–Trinajstić information content (AvgIpc) is 2.56. The number of aromatic amines is 1.